The Hall–Kier alpha value is -2.27. The van der Waals surface area contributed by atoms with Crippen LogP contribution in [0.3, 0.4) is 0 Å². The summed E-state index contributed by atoms with van der Waals surface area (Å²) in [4.78, 5) is 21.9. The predicted octanol–water partition coefficient (Wildman–Crippen LogP) is 4.32. The number of nitrogens with zero attached hydrogens (tertiary/aromatic N) is 4. The van der Waals surface area contributed by atoms with Crippen molar-refractivity contribution in [3.63, 3.8) is 0 Å². The van der Waals surface area contributed by atoms with E-state index in [0.717, 1.165) is 24.3 Å². The van der Waals surface area contributed by atoms with E-state index in [0.29, 0.717) is 33.8 Å². The van der Waals surface area contributed by atoms with Gasteiger partial charge in [0.1, 0.15) is 0 Å². The van der Waals surface area contributed by atoms with Crippen LogP contribution in [0.5, 0.6) is 0 Å². The lowest BCUT2D eigenvalue weighted by Gasteiger charge is -2.15. The van der Waals surface area contributed by atoms with Gasteiger partial charge in [0.05, 0.1) is 12.6 Å². The fourth-order valence-electron chi connectivity index (χ4n) is 3.06. The minimum atomic E-state index is -0.0483. The van der Waals surface area contributed by atoms with Crippen molar-refractivity contribution in [3.05, 3.63) is 50.2 Å². The fraction of sp³-hybridized carbons (Fsp3) is 0.429. The highest BCUT2D eigenvalue weighted by Gasteiger charge is 2.21. The van der Waals surface area contributed by atoms with E-state index in [4.69, 9.17) is 16.3 Å². The summed E-state index contributed by atoms with van der Waals surface area (Å²) in [6.45, 7) is 7.89. The zero-order valence-electron chi connectivity index (χ0n) is 16.7. The number of aromatic nitrogens is 1. The van der Waals surface area contributed by atoms with E-state index in [1.807, 2.05) is 0 Å². The van der Waals surface area contributed by atoms with Gasteiger partial charge in [0.2, 0.25) is 6.19 Å². The first-order valence-corrected chi connectivity index (χ1v) is 10.6. The number of carbonyl (C=O) groups excluding carboxylic acids is 1. The van der Waals surface area contributed by atoms with Crippen LogP contribution in [-0.2, 0) is 16.7 Å². The molecule has 1 unspecified atom stereocenters. The molecule has 0 saturated carbocycles. The Morgan fingerprint density at radius 2 is 2.28 bits per heavy atom. The second-order valence-corrected chi connectivity index (χ2v) is 9.36. The van der Waals surface area contributed by atoms with E-state index in [1.165, 1.54) is 0 Å². The van der Waals surface area contributed by atoms with Crippen LogP contribution in [-0.4, -0.2) is 29.4 Å². The smallest absolute Gasteiger partial charge is 0.207 e. The SMILES string of the molecule is CC(C)(C)c1cn(CC2CCCO2)c(=NC(=NC#N)c2cc(Cl)ccc2C=O)s1. The predicted molar refractivity (Wildman–Crippen MR) is 115 cm³/mol. The summed E-state index contributed by atoms with van der Waals surface area (Å²) < 4.78 is 7.85. The van der Waals surface area contributed by atoms with Crippen molar-refractivity contribution in [2.45, 2.75) is 51.7 Å². The molecule has 8 heteroatoms. The lowest BCUT2D eigenvalue weighted by atomic mass is 9.95. The molecule has 0 amide bonds. The number of amidine groups is 1. The van der Waals surface area contributed by atoms with Gasteiger partial charge in [0.25, 0.3) is 0 Å². The highest BCUT2D eigenvalue weighted by molar-refractivity contribution is 7.09. The number of ether oxygens (including phenoxy) is 1. The summed E-state index contributed by atoms with van der Waals surface area (Å²) >= 11 is 7.66. The van der Waals surface area contributed by atoms with E-state index in [-0.39, 0.29) is 17.4 Å². The fourth-order valence-corrected chi connectivity index (χ4v) is 4.29. The topological polar surface area (TPSA) is 79.7 Å². The molecule has 1 aliphatic rings. The Balaban J connectivity index is 2.14. The number of hydrogen-bond acceptors (Lipinski definition) is 5. The number of rotatable bonds is 4. The third-order valence-electron chi connectivity index (χ3n) is 4.62. The van der Waals surface area contributed by atoms with Crippen molar-refractivity contribution in [1.29, 1.82) is 5.26 Å². The van der Waals surface area contributed by atoms with E-state index in [1.54, 1.807) is 35.7 Å². The summed E-state index contributed by atoms with van der Waals surface area (Å²) in [5.41, 5.74) is 0.765. The quantitative estimate of drug-likeness (QED) is 0.313. The molecule has 0 bridgehead atoms. The summed E-state index contributed by atoms with van der Waals surface area (Å²) in [5, 5.41) is 9.64. The summed E-state index contributed by atoms with van der Waals surface area (Å²) in [6.07, 6.45) is 6.80. The number of aliphatic imine (C=N–C) groups is 1. The summed E-state index contributed by atoms with van der Waals surface area (Å²) in [6, 6.07) is 4.83. The second kappa shape index (κ2) is 9.04. The molecule has 2 heterocycles. The van der Waals surface area contributed by atoms with E-state index < -0.39 is 0 Å². The van der Waals surface area contributed by atoms with Gasteiger partial charge in [-0.15, -0.1) is 11.3 Å². The molecular weight excluding hydrogens is 408 g/mol. The number of halogens is 1. The van der Waals surface area contributed by atoms with Crippen molar-refractivity contribution < 1.29 is 9.53 Å². The van der Waals surface area contributed by atoms with Crippen LogP contribution in [0.1, 0.15) is 54.4 Å². The van der Waals surface area contributed by atoms with Gasteiger partial charge in [-0.1, -0.05) is 32.4 Å². The van der Waals surface area contributed by atoms with Crippen LogP contribution in [0.2, 0.25) is 5.02 Å². The molecule has 0 radical (unpaired) electrons. The van der Waals surface area contributed by atoms with Crippen molar-refractivity contribution >= 4 is 35.1 Å². The summed E-state index contributed by atoms with van der Waals surface area (Å²) in [5.74, 6) is 0.167. The molecule has 3 rings (SSSR count). The van der Waals surface area contributed by atoms with Crippen LogP contribution in [0.4, 0.5) is 0 Å². The lowest BCUT2D eigenvalue weighted by Crippen LogP contribution is -2.24. The summed E-state index contributed by atoms with van der Waals surface area (Å²) in [7, 11) is 0. The zero-order chi connectivity index (χ0) is 21.0. The monoisotopic (exact) mass is 430 g/mol. The molecule has 1 aromatic heterocycles. The molecule has 1 aromatic carbocycles. The Kier molecular flexibility index (Phi) is 6.68. The standard InChI is InChI=1S/C21H23ClN4O2S/c1-21(2,3)18-11-26(10-16-5-4-8-28-16)20(29-18)25-19(24-13-23)17-9-15(22)7-6-14(17)12-27/h6-7,9,11-12,16H,4-5,8,10H2,1-3H3. The van der Waals surface area contributed by atoms with Gasteiger partial charge in [0, 0.05) is 33.8 Å². The normalized spacial score (nSPS) is 18.1. The molecule has 1 aliphatic heterocycles. The van der Waals surface area contributed by atoms with Crippen LogP contribution in [0.25, 0.3) is 0 Å². The first kappa shape index (κ1) is 21.4. The van der Waals surface area contributed by atoms with Gasteiger partial charge in [-0.3, -0.25) is 4.79 Å². The minimum absolute atomic E-state index is 0.0483. The molecule has 0 N–H and O–H groups in total. The third kappa shape index (κ3) is 5.21. The molecule has 2 aromatic rings. The Morgan fingerprint density at radius 1 is 1.48 bits per heavy atom. The number of thiazole rings is 1. The maximum absolute atomic E-state index is 11.5. The van der Waals surface area contributed by atoms with Gasteiger partial charge in [-0.2, -0.15) is 15.2 Å². The minimum Gasteiger partial charge on any atom is -0.376 e. The van der Waals surface area contributed by atoms with Crippen molar-refractivity contribution in [1.82, 2.24) is 4.57 Å². The molecule has 0 spiro atoms. The van der Waals surface area contributed by atoms with E-state index in [9.17, 15) is 10.1 Å². The van der Waals surface area contributed by atoms with Crippen LogP contribution in [0, 0.1) is 11.5 Å². The molecule has 6 nitrogen and oxygen atoms in total. The Bertz CT molecular complexity index is 1030. The molecular formula is C21H23ClN4O2S. The number of aldehydes is 1. The number of benzene rings is 1. The van der Waals surface area contributed by atoms with Gasteiger partial charge in [0.15, 0.2) is 16.9 Å². The zero-order valence-corrected chi connectivity index (χ0v) is 18.3. The highest BCUT2D eigenvalue weighted by Crippen LogP contribution is 2.25. The van der Waals surface area contributed by atoms with Gasteiger partial charge >= 0.3 is 0 Å². The maximum Gasteiger partial charge on any atom is 0.207 e. The van der Waals surface area contributed by atoms with E-state index in [2.05, 4.69) is 41.5 Å². The average molecular weight is 431 g/mol. The molecule has 29 heavy (non-hydrogen) atoms. The largest absolute Gasteiger partial charge is 0.376 e. The van der Waals surface area contributed by atoms with Gasteiger partial charge < -0.3 is 9.30 Å². The van der Waals surface area contributed by atoms with Gasteiger partial charge in [-0.25, -0.2) is 0 Å². The average Bonchev–Trinajstić information content (AvgIpc) is 3.32. The molecule has 1 atom stereocenters. The molecule has 1 fully saturated rings. The molecule has 0 aliphatic carbocycles. The molecule has 1 saturated heterocycles. The van der Waals surface area contributed by atoms with Crippen LogP contribution >= 0.6 is 22.9 Å². The highest BCUT2D eigenvalue weighted by atomic mass is 35.5. The number of hydrogen-bond donors (Lipinski definition) is 0. The van der Waals surface area contributed by atoms with Crippen molar-refractivity contribution in [3.8, 4) is 6.19 Å². The maximum atomic E-state index is 11.5. The van der Waals surface area contributed by atoms with Crippen molar-refractivity contribution in [2.75, 3.05) is 6.61 Å². The van der Waals surface area contributed by atoms with E-state index >= 15 is 0 Å². The van der Waals surface area contributed by atoms with Crippen molar-refractivity contribution in [2.24, 2.45) is 9.98 Å². The lowest BCUT2D eigenvalue weighted by molar-refractivity contribution is 0.0963. The van der Waals surface area contributed by atoms with Crippen LogP contribution in [0.15, 0.2) is 34.4 Å². The Morgan fingerprint density at radius 3 is 2.90 bits per heavy atom. The first-order valence-electron chi connectivity index (χ1n) is 9.41. The van der Waals surface area contributed by atoms with Gasteiger partial charge in [-0.05, 0) is 36.5 Å². The second-order valence-electron chi connectivity index (χ2n) is 7.91. The third-order valence-corrected chi connectivity index (χ3v) is 6.31. The number of nitriles is 1. The van der Waals surface area contributed by atoms with Crippen LogP contribution < -0.4 is 4.80 Å². The molecule has 152 valence electrons. The number of carbonyl (C=O) groups is 1. The Labute approximate surface area is 179 Å². The first-order chi connectivity index (χ1) is 13.8.